The summed E-state index contributed by atoms with van der Waals surface area (Å²) in [5, 5.41) is 3.33. The van der Waals surface area contributed by atoms with Gasteiger partial charge in [0.25, 0.3) is 0 Å². The van der Waals surface area contributed by atoms with Crippen molar-refractivity contribution in [3.63, 3.8) is 0 Å². The number of hydrogen-bond donors (Lipinski definition) is 1. The van der Waals surface area contributed by atoms with Crippen LogP contribution in [0.15, 0.2) is 21.7 Å². The predicted molar refractivity (Wildman–Crippen MR) is 39.9 cm³/mol. The molecule has 0 unspecified atom stereocenters. The fourth-order valence-electron chi connectivity index (χ4n) is 0.727. The Labute approximate surface area is 59.5 Å². The molecule has 0 amide bonds. The quantitative estimate of drug-likeness (QED) is 0.378. The molecule has 0 spiro atoms. The molecule has 1 aromatic rings. The van der Waals surface area contributed by atoms with E-state index in [1.807, 2.05) is 19.1 Å². The topological polar surface area (TPSA) is 51.5 Å². The van der Waals surface area contributed by atoms with Gasteiger partial charge >= 0.3 is 0 Å². The minimum absolute atomic E-state index is 0.708. The van der Waals surface area contributed by atoms with Crippen LogP contribution in [0.2, 0.25) is 0 Å². The van der Waals surface area contributed by atoms with Crippen LogP contribution in [0.5, 0.6) is 0 Å². The number of hydrogen-bond acceptors (Lipinski definition) is 3. The Morgan fingerprint density at radius 3 is 3.00 bits per heavy atom. The van der Waals surface area contributed by atoms with Gasteiger partial charge in [0.05, 0.1) is 6.21 Å². The largest absolute Gasteiger partial charge is 0.460 e. The Morgan fingerprint density at radius 2 is 2.50 bits per heavy atom. The average Bonchev–Trinajstić information content (AvgIpc) is 2.37. The van der Waals surface area contributed by atoms with Crippen LogP contribution in [0.25, 0.3) is 0 Å². The lowest BCUT2D eigenvalue weighted by molar-refractivity contribution is 0.510. The highest BCUT2D eigenvalue weighted by Crippen LogP contribution is 2.05. The predicted octanol–water partition coefficient (Wildman–Crippen LogP) is 1.13. The Bertz CT molecular complexity index is 227. The van der Waals surface area contributed by atoms with E-state index >= 15 is 0 Å². The molecule has 54 valence electrons. The first-order valence-electron chi connectivity index (χ1n) is 3.18. The Balaban J connectivity index is 2.78. The zero-order chi connectivity index (χ0) is 7.40. The number of aryl methyl sites for hydroxylation is 1. The van der Waals surface area contributed by atoms with E-state index in [2.05, 4.69) is 5.10 Å². The molecule has 0 saturated carbocycles. The van der Waals surface area contributed by atoms with Gasteiger partial charge in [0, 0.05) is 6.42 Å². The van der Waals surface area contributed by atoms with E-state index in [1.165, 1.54) is 6.21 Å². The smallest absolute Gasteiger partial charge is 0.147 e. The SMILES string of the molecule is CCc1ccc(C=NN)o1. The van der Waals surface area contributed by atoms with Crippen molar-refractivity contribution in [2.45, 2.75) is 13.3 Å². The highest BCUT2D eigenvalue weighted by Gasteiger charge is 1.94. The van der Waals surface area contributed by atoms with Gasteiger partial charge in [0.1, 0.15) is 11.5 Å². The molecule has 0 bridgehead atoms. The summed E-state index contributed by atoms with van der Waals surface area (Å²) in [4.78, 5) is 0. The maximum Gasteiger partial charge on any atom is 0.147 e. The van der Waals surface area contributed by atoms with Crippen molar-refractivity contribution in [1.82, 2.24) is 0 Å². The van der Waals surface area contributed by atoms with Gasteiger partial charge < -0.3 is 10.3 Å². The zero-order valence-corrected chi connectivity index (χ0v) is 5.87. The van der Waals surface area contributed by atoms with Crippen molar-refractivity contribution in [2.75, 3.05) is 0 Å². The van der Waals surface area contributed by atoms with Crippen LogP contribution in [0.4, 0.5) is 0 Å². The van der Waals surface area contributed by atoms with Crippen LogP contribution in [0.3, 0.4) is 0 Å². The summed E-state index contributed by atoms with van der Waals surface area (Å²) in [6.45, 7) is 2.03. The first kappa shape index (κ1) is 6.86. The molecular formula is C7H10N2O. The molecule has 3 nitrogen and oxygen atoms in total. The lowest BCUT2D eigenvalue weighted by atomic mass is 10.4. The monoisotopic (exact) mass is 138 g/mol. The minimum atomic E-state index is 0.708. The van der Waals surface area contributed by atoms with Crippen LogP contribution in [0.1, 0.15) is 18.4 Å². The molecular weight excluding hydrogens is 128 g/mol. The Kier molecular flexibility index (Phi) is 2.10. The molecule has 0 aliphatic rings. The van der Waals surface area contributed by atoms with E-state index in [0.29, 0.717) is 5.76 Å². The van der Waals surface area contributed by atoms with Gasteiger partial charge in [-0.05, 0) is 12.1 Å². The van der Waals surface area contributed by atoms with Crippen LogP contribution in [0, 0.1) is 0 Å². The van der Waals surface area contributed by atoms with Gasteiger partial charge in [0.2, 0.25) is 0 Å². The van der Waals surface area contributed by atoms with Crippen LogP contribution in [-0.4, -0.2) is 6.21 Å². The molecule has 0 fully saturated rings. The Hall–Kier alpha value is -1.25. The Morgan fingerprint density at radius 1 is 1.70 bits per heavy atom. The third-order valence-corrected chi connectivity index (χ3v) is 1.23. The number of furan rings is 1. The minimum Gasteiger partial charge on any atom is -0.460 e. The van der Waals surface area contributed by atoms with E-state index in [9.17, 15) is 0 Å². The number of rotatable bonds is 2. The molecule has 10 heavy (non-hydrogen) atoms. The number of hydrazone groups is 1. The summed E-state index contributed by atoms with van der Waals surface area (Å²) in [5.41, 5.74) is 0. The van der Waals surface area contributed by atoms with Gasteiger partial charge in [-0.25, -0.2) is 0 Å². The maximum absolute atomic E-state index is 5.24. The summed E-state index contributed by atoms with van der Waals surface area (Å²) in [6, 6.07) is 3.76. The number of nitrogens with two attached hydrogens (primary N) is 1. The second kappa shape index (κ2) is 3.06. The van der Waals surface area contributed by atoms with Crippen molar-refractivity contribution in [3.05, 3.63) is 23.7 Å². The molecule has 1 heterocycles. The summed E-state index contributed by atoms with van der Waals surface area (Å²) in [7, 11) is 0. The van der Waals surface area contributed by atoms with Gasteiger partial charge in [-0.3, -0.25) is 0 Å². The first-order valence-corrected chi connectivity index (χ1v) is 3.18. The lowest BCUT2D eigenvalue weighted by Crippen LogP contribution is -1.82. The molecule has 3 heteroatoms. The average molecular weight is 138 g/mol. The lowest BCUT2D eigenvalue weighted by Gasteiger charge is -1.84. The number of nitrogens with zero attached hydrogens (tertiary/aromatic N) is 1. The second-order valence-electron chi connectivity index (χ2n) is 1.94. The van der Waals surface area contributed by atoms with Gasteiger partial charge in [-0.1, -0.05) is 6.92 Å². The van der Waals surface area contributed by atoms with Gasteiger partial charge in [-0.2, -0.15) is 5.10 Å². The molecule has 1 rings (SSSR count). The van der Waals surface area contributed by atoms with E-state index < -0.39 is 0 Å². The molecule has 0 radical (unpaired) electrons. The molecule has 0 aliphatic carbocycles. The van der Waals surface area contributed by atoms with Crippen LogP contribution < -0.4 is 5.84 Å². The third-order valence-electron chi connectivity index (χ3n) is 1.23. The van der Waals surface area contributed by atoms with E-state index in [-0.39, 0.29) is 0 Å². The third kappa shape index (κ3) is 1.37. The summed E-state index contributed by atoms with van der Waals surface area (Å²) >= 11 is 0. The fraction of sp³-hybridized carbons (Fsp3) is 0.286. The molecule has 0 atom stereocenters. The molecule has 0 saturated heterocycles. The van der Waals surface area contributed by atoms with Gasteiger partial charge in [0.15, 0.2) is 0 Å². The second-order valence-corrected chi connectivity index (χ2v) is 1.94. The van der Waals surface area contributed by atoms with Crippen molar-refractivity contribution < 1.29 is 4.42 Å². The molecule has 0 aromatic carbocycles. The van der Waals surface area contributed by atoms with Crippen LogP contribution >= 0.6 is 0 Å². The van der Waals surface area contributed by atoms with Gasteiger partial charge in [-0.15, -0.1) is 0 Å². The summed E-state index contributed by atoms with van der Waals surface area (Å²) < 4.78 is 5.24. The van der Waals surface area contributed by atoms with Crippen LogP contribution in [-0.2, 0) is 6.42 Å². The maximum atomic E-state index is 5.24. The molecule has 0 aliphatic heterocycles. The molecule has 1 aromatic heterocycles. The first-order chi connectivity index (χ1) is 4.86. The highest BCUT2D eigenvalue weighted by molar-refractivity contribution is 5.75. The van der Waals surface area contributed by atoms with Crippen molar-refractivity contribution >= 4 is 6.21 Å². The van der Waals surface area contributed by atoms with E-state index in [0.717, 1.165) is 12.2 Å². The fourth-order valence-corrected chi connectivity index (χ4v) is 0.727. The molecule has 2 N–H and O–H groups in total. The van der Waals surface area contributed by atoms with Crippen molar-refractivity contribution in [2.24, 2.45) is 10.9 Å². The van der Waals surface area contributed by atoms with Crippen molar-refractivity contribution in [3.8, 4) is 0 Å². The highest BCUT2D eigenvalue weighted by atomic mass is 16.3. The summed E-state index contributed by atoms with van der Waals surface area (Å²) in [6.07, 6.45) is 2.39. The standard InChI is InChI=1S/C7H10N2O/c1-2-6-3-4-7(10-6)5-9-8/h3-5H,2,8H2,1H3. The summed E-state index contributed by atoms with van der Waals surface area (Å²) in [5.74, 6) is 6.58. The van der Waals surface area contributed by atoms with E-state index in [4.69, 9.17) is 10.3 Å². The zero-order valence-electron chi connectivity index (χ0n) is 5.87. The van der Waals surface area contributed by atoms with E-state index in [1.54, 1.807) is 0 Å². The van der Waals surface area contributed by atoms with Crippen molar-refractivity contribution in [1.29, 1.82) is 0 Å². The normalized spacial score (nSPS) is 10.9.